The summed E-state index contributed by atoms with van der Waals surface area (Å²) in [5.74, 6) is 0.858. The Morgan fingerprint density at radius 2 is 1.79 bits per heavy atom. The fraction of sp³-hybridized carbons (Fsp3) is 0.522. The zero-order valence-corrected chi connectivity index (χ0v) is 18.0. The van der Waals surface area contributed by atoms with Crippen molar-refractivity contribution in [2.75, 3.05) is 13.1 Å². The smallest absolute Gasteiger partial charge is 0.250 e. The largest absolute Gasteiger partial charge is 0.309 e. The van der Waals surface area contributed by atoms with Crippen molar-refractivity contribution in [2.45, 2.75) is 50.8 Å². The molecule has 0 aliphatic carbocycles. The van der Waals surface area contributed by atoms with Gasteiger partial charge in [0.1, 0.15) is 0 Å². The van der Waals surface area contributed by atoms with Crippen LogP contribution in [0.3, 0.4) is 0 Å². The summed E-state index contributed by atoms with van der Waals surface area (Å²) in [6, 6.07) is 14.9. The number of fused-ring (bicyclic) bond motifs is 4. The Balaban J connectivity index is 1.65. The molecule has 2 aromatic rings. The van der Waals surface area contributed by atoms with Crippen LogP contribution in [0.5, 0.6) is 0 Å². The van der Waals surface area contributed by atoms with Crippen LogP contribution in [0.2, 0.25) is 0 Å². The summed E-state index contributed by atoms with van der Waals surface area (Å²) in [6.07, 6.45) is 2.91. The maximum atomic E-state index is 13.2. The van der Waals surface area contributed by atoms with Crippen LogP contribution in [0, 0.1) is 11.8 Å². The van der Waals surface area contributed by atoms with Crippen molar-refractivity contribution >= 4 is 10.0 Å². The standard InChI is InChI=1S/C23H30N2O3S/c1-17(2)11-12-22-20-13-19(21-9-6-10-23(26)25(21)22)14-24(15-20)29(27,28)16-18-7-4-3-5-8-18/h3-10,17,19-20,22H,11-16H2,1-2H3/t19-,20+,22+/m1/s1. The van der Waals surface area contributed by atoms with E-state index in [9.17, 15) is 13.2 Å². The van der Waals surface area contributed by atoms with Gasteiger partial charge in [0.2, 0.25) is 10.0 Å². The highest BCUT2D eigenvalue weighted by Crippen LogP contribution is 2.44. The molecule has 1 aromatic heterocycles. The Hall–Kier alpha value is -1.92. The molecule has 1 aromatic carbocycles. The van der Waals surface area contributed by atoms with Crippen LogP contribution >= 0.6 is 0 Å². The van der Waals surface area contributed by atoms with Gasteiger partial charge in [0.25, 0.3) is 5.56 Å². The Bertz CT molecular complexity index is 1010. The fourth-order valence-electron chi connectivity index (χ4n) is 4.98. The number of piperidine rings is 1. The van der Waals surface area contributed by atoms with E-state index in [1.54, 1.807) is 10.4 Å². The molecule has 3 heterocycles. The Kier molecular flexibility index (Phi) is 5.67. The molecule has 0 amide bonds. The predicted molar refractivity (Wildman–Crippen MR) is 115 cm³/mol. The molecule has 0 N–H and O–H groups in total. The molecule has 6 heteroatoms. The maximum absolute atomic E-state index is 13.2. The first-order valence-corrected chi connectivity index (χ1v) is 12.2. The van der Waals surface area contributed by atoms with E-state index < -0.39 is 10.0 Å². The molecule has 0 saturated carbocycles. The zero-order chi connectivity index (χ0) is 20.6. The first kappa shape index (κ1) is 20.4. The summed E-state index contributed by atoms with van der Waals surface area (Å²) in [7, 11) is -3.40. The molecule has 2 bridgehead atoms. The van der Waals surface area contributed by atoms with Crippen molar-refractivity contribution in [2.24, 2.45) is 11.8 Å². The number of hydrogen-bond acceptors (Lipinski definition) is 3. The molecule has 4 rings (SSSR count). The number of nitrogens with zero attached hydrogens (tertiary/aromatic N) is 2. The fourth-order valence-corrected chi connectivity index (χ4v) is 6.60. The second-order valence-electron chi connectivity index (χ2n) is 8.95. The molecule has 1 saturated heterocycles. The second-order valence-corrected chi connectivity index (χ2v) is 10.9. The average molecular weight is 415 g/mol. The van der Waals surface area contributed by atoms with Gasteiger partial charge < -0.3 is 4.57 Å². The third-order valence-corrected chi connectivity index (χ3v) is 8.17. The van der Waals surface area contributed by atoms with E-state index in [4.69, 9.17) is 0 Å². The summed E-state index contributed by atoms with van der Waals surface area (Å²) in [5.41, 5.74) is 1.87. The topological polar surface area (TPSA) is 59.4 Å². The van der Waals surface area contributed by atoms with Gasteiger partial charge in [-0.15, -0.1) is 0 Å². The summed E-state index contributed by atoms with van der Waals surface area (Å²) >= 11 is 0. The number of hydrogen-bond donors (Lipinski definition) is 0. The van der Waals surface area contributed by atoms with Crippen LogP contribution in [-0.4, -0.2) is 30.4 Å². The minimum Gasteiger partial charge on any atom is -0.309 e. The van der Waals surface area contributed by atoms with E-state index in [2.05, 4.69) is 13.8 Å². The van der Waals surface area contributed by atoms with Crippen LogP contribution < -0.4 is 5.56 Å². The third kappa shape index (κ3) is 4.19. The first-order chi connectivity index (χ1) is 13.8. The van der Waals surface area contributed by atoms with Crippen molar-refractivity contribution in [1.29, 1.82) is 0 Å². The lowest BCUT2D eigenvalue weighted by molar-refractivity contribution is 0.133. The molecular weight excluding hydrogens is 384 g/mol. The lowest BCUT2D eigenvalue weighted by Crippen LogP contribution is -2.51. The zero-order valence-electron chi connectivity index (χ0n) is 17.2. The highest BCUT2D eigenvalue weighted by Gasteiger charge is 2.43. The molecule has 0 radical (unpaired) electrons. The molecule has 0 unspecified atom stereocenters. The number of rotatable bonds is 6. The lowest BCUT2D eigenvalue weighted by atomic mass is 9.77. The quantitative estimate of drug-likeness (QED) is 0.723. The Morgan fingerprint density at radius 3 is 2.52 bits per heavy atom. The van der Waals surface area contributed by atoms with Gasteiger partial charge in [0.15, 0.2) is 0 Å². The van der Waals surface area contributed by atoms with Crippen molar-refractivity contribution < 1.29 is 8.42 Å². The molecule has 2 aliphatic heterocycles. The molecule has 29 heavy (non-hydrogen) atoms. The maximum Gasteiger partial charge on any atom is 0.250 e. The Labute approximate surface area is 173 Å². The normalized spacial score (nSPS) is 24.4. The van der Waals surface area contributed by atoms with Gasteiger partial charge in [-0.2, -0.15) is 0 Å². The Morgan fingerprint density at radius 1 is 1.03 bits per heavy atom. The van der Waals surface area contributed by atoms with E-state index in [1.165, 1.54) is 0 Å². The third-order valence-electron chi connectivity index (χ3n) is 6.39. The molecule has 1 fully saturated rings. The van der Waals surface area contributed by atoms with Gasteiger partial charge in [-0.05, 0) is 42.7 Å². The van der Waals surface area contributed by atoms with E-state index in [1.807, 2.05) is 47.0 Å². The number of sulfonamides is 1. The summed E-state index contributed by atoms with van der Waals surface area (Å²) < 4.78 is 30.0. The van der Waals surface area contributed by atoms with E-state index in [0.29, 0.717) is 19.0 Å². The van der Waals surface area contributed by atoms with E-state index in [0.717, 1.165) is 30.5 Å². The van der Waals surface area contributed by atoms with Crippen molar-refractivity contribution in [1.82, 2.24) is 8.87 Å². The van der Waals surface area contributed by atoms with Crippen molar-refractivity contribution in [3.8, 4) is 0 Å². The van der Waals surface area contributed by atoms with Gasteiger partial charge in [-0.25, -0.2) is 12.7 Å². The second kappa shape index (κ2) is 8.07. The van der Waals surface area contributed by atoms with Gasteiger partial charge >= 0.3 is 0 Å². The minimum absolute atomic E-state index is 0.0333. The first-order valence-electron chi connectivity index (χ1n) is 10.6. The molecule has 5 nitrogen and oxygen atoms in total. The average Bonchev–Trinajstić information content (AvgIpc) is 2.68. The molecular formula is C23H30N2O3S. The molecule has 2 aliphatic rings. The SMILES string of the molecule is CC(C)CC[C@H]1[C@H]2C[C@H](CN(S(=O)(=O)Cc3ccccc3)C2)c2cccc(=O)n21. The van der Waals surface area contributed by atoms with Gasteiger partial charge in [-0.3, -0.25) is 4.79 Å². The van der Waals surface area contributed by atoms with Crippen LogP contribution in [0.15, 0.2) is 53.3 Å². The van der Waals surface area contributed by atoms with Crippen molar-refractivity contribution in [3.05, 3.63) is 70.1 Å². The van der Waals surface area contributed by atoms with Gasteiger partial charge in [-0.1, -0.05) is 50.2 Å². The molecule has 3 atom stereocenters. The van der Waals surface area contributed by atoms with Crippen LogP contribution in [0.25, 0.3) is 0 Å². The van der Waals surface area contributed by atoms with Crippen LogP contribution in [0.4, 0.5) is 0 Å². The number of pyridine rings is 1. The highest BCUT2D eigenvalue weighted by atomic mass is 32.2. The molecule has 156 valence electrons. The lowest BCUT2D eigenvalue weighted by Gasteiger charge is -2.46. The van der Waals surface area contributed by atoms with Gasteiger partial charge in [0, 0.05) is 36.8 Å². The van der Waals surface area contributed by atoms with E-state index >= 15 is 0 Å². The predicted octanol–water partition coefficient (Wildman–Crippen LogP) is 3.77. The number of benzene rings is 1. The monoisotopic (exact) mass is 414 g/mol. The highest BCUT2D eigenvalue weighted by molar-refractivity contribution is 7.88. The van der Waals surface area contributed by atoms with E-state index in [-0.39, 0.29) is 29.2 Å². The van der Waals surface area contributed by atoms with Crippen LogP contribution in [-0.2, 0) is 15.8 Å². The number of aromatic nitrogens is 1. The van der Waals surface area contributed by atoms with Gasteiger partial charge in [0.05, 0.1) is 5.75 Å². The van der Waals surface area contributed by atoms with Crippen molar-refractivity contribution in [3.63, 3.8) is 0 Å². The molecule has 0 spiro atoms. The summed E-state index contributed by atoms with van der Waals surface area (Å²) in [5, 5.41) is 0. The summed E-state index contributed by atoms with van der Waals surface area (Å²) in [6.45, 7) is 5.36. The van der Waals surface area contributed by atoms with Crippen LogP contribution in [0.1, 0.15) is 56.3 Å². The summed E-state index contributed by atoms with van der Waals surface area (Å²) in [4.78, 5) is 12.7. The minimum atomic E-state index is -3.40.